The van der Waals surface area contributed by atoms with E-state index in [4.69, 9.17) is 9.47 Å². The molecule has 21 heavy (non-hydrogen) atoms. The first-order valence-electron chi connectivity index (χ1n) is 7.19. The number of rotatable bonds is 4. The molecule has 0 amide bonds. The molecule has 0 spiro atoms. The molecule has 0 saturated carbocycles. The van der Waals surface area contributed by atoms with E-state index in [0.29, 0.717) is 12.5 Å². The Kier molecular flexibility index (Phi) is 4.06. The molecule has 0 radical (unpaired) electrons. The Labute approximate surface area is 124 Å². The second-order valence-electron chi connectivity index (χ2n) is 5.23. The van der Waals surface area contributed by atoms with Crippen LogP contribution in [-0.2, 0) is 13.0 Å². The smallest absolute Gasteiger partial charge is 0.219 e. The molecule has 110 valence electrons. The van der Waals surface area contributed by atoms with Crippen molar-refractivity contribution in [3.63, 3.8) is 0 Å². The van der Waals surface area contributed by atoms with E-state index in [9.17, 15) is 5.11 Å². The molecule has 1 aliphatic carbocycles. The number of ether oxygens (including phenoxy) is 2. The van der Waals surface area contributed by atoms with Gasteiger partial charge >= 0.3 is 0 Å². The third-order valence-corrected chi connectivity index (χ3v) is 3.84. The molecule has 0 aliphatic heterocycles. The number of hydrogen-bond donors (Lipinski definition) is 1. The van der Waals surface area contributed by atoms with Gasteiger partial charge < -0.3 is 14.6 Å². The van der Waals surface area contributed by atoms with E-state index in [2.05, 4.69) is 4.98 Å². The molecule has 0 unspecified atom stereocenters. The van der Waals surface area contributed by atoms with Gasteiger partial charge in [-0.05, 0) is 54.7 Å². The fourth-order valence-corrected chi connectivity index (χ4v) is 2.72. The van der Waals surface area contributed by atoms with Gasteiger partial charge in [-0.3, -0.25) is 0 Å². The predicted octanol–water partition coefficient (Wildman–Crippen LogP) is 3.04. The molecule has 1 atom stereocenters. The van der Waals surface area contributed by atoms with E-state index in [-0.39, 0.29) is 6.10 Å². The molecule has 1 heterocycles. The van der Waals surface area contributed by atoms with Crippen LogP contribution in [0.25, 0.3) is 0 Å². The lowest BCUT2D eigenvalue weighted by atomic mass is 9.89. The number of hydrogen-bond acceptors (Lipinski definition) is 4. The molecule has 2 aromatic rings. The van der Waals surface area contributed by atoms with Gasteiger partial charge in [0.25, 0.3) is 0 Å². The molecular weight excluding hydrogens is 266 g/mol. The molecule has 1 aromatic heterocycles. The van der Waals surface area contributed by atoms with E-state index in [0.717, 1.165) is 36.1 Å². The highest BCUT2D eigenvalue weighted by Gasteiger charge is 2.18. The summed E-state index contributed by atoms with van der Waals surface area (Å²) in [5, 5.41) is 10.1. The Bertz CT molecular complexity index is 627. The molecular formula is C17H19NO3. The maximum atomic E-state index is 10.1. The summed E-state index contributed by atoms with van der Waals surface area (Å²) in [6, 6.07) is 9.74. The summed E-state index contributed by atoms with van der Waals surface area (Å²) in [7, 11) is 1.60. The molecule has 1 N–H and O–H groups in total. The number of pyridine rings is 1. The monoisotopic (exact) mass is 285 g/mol. The Morgan fingerprint density at radius 1 is 1.33 bits per heavy atom. The Morgan fingerprint density at radius 2 is 2.24 bits per heavy atom. The number of aryl methyl sites for hydroxylation is 1. The van der Waals surface area contributed by atoms with Crippen molar-refractivity contribution in [2.24, 2.45) is 0 Å². The molecule has 1 aliphatic rings. The number of fused-ring (bicyclic) bond motifs is 1. The Hall–Kier alpha value is -2.07. The third kappa shape index (κ3) is 3.00. The lowest BCUT2D eigenvalue weighted by Crippen LogP contribution is -2.09. The first-order valence-corrected chi connectivity index (χ1v) is 7.19. The van der Waals surface area contributed by atoms with Crippen LogP contribution in [0.2, 0.25) is 0 Å². The van der Waals surface area contributed by atoms with Gasteiger partial charge in [-0.2, -0.15) is 0 Å². The summed E-state index contributed by atoms with van der Waals surface area (Å²) in [5.74, 6) is 1.34. The van der Waals surface area contributed by atoms with Gasteiger partial charge in [0.15, 0.2) is 0 Å². The highest BCUT2D eigenvalue weighted by Crippen LogP contribution is 2.32. The number of aliphatic hydroxyl groups is 1. The standard InChI is InChI=1S/C17H19NO3/c1-20-17-13(5-3-9-18-17)11-21-14-8-7-12-4-2-6-16(19)15(12)10-14/h3,5,7-10,16,19H,2,4,6,11H2,1H3/t16-/m0/s1. The predicted molar refractivity (Wildman–Crippen MR) is 79.5 cm³/mol. The van der Waals surface area contributed by atoms with Crippen molar-refractivity contribution in [1.29, 1.82) is 0 Å². The van der Waals surface area contributed by atoms with Crippen molar-refractivity contribution in [3.8, 4) is 11.6 Å². The van der Waals surface area contributed by atoms with Crippen LogP contribution in [0.15, 0.2) is 36.5 Å². The summed E-state index contributed by atoms with van der Waals surface area (Å²) < 4.78 is 11.0. The quantitative estimate of drug-likeness (QED) is 0.938. The number of aliphatic hydroxyl groups excluding tert-OH is 1. The summed E-state index contributed by atoms with van der Waals surface area (Å²) in [4.78, 5) is 4.15. The maximum Gasteiger partial charge on any atom is 0.219 e. The van der Waals surface area contributed by atoms with Gasteiger partial charge in [0.05, 0.1) is 18.8 Å². The van der Waals surface area contributed by atoms with E-state index in [1.165, 1.54) is 5.56 Å². The SMILES string of the molecule is COc1ncccc1COc1ccc2c(c1)[C@@H](O)CCC2. The fourth-order valence-electron chi connectivity index (χ4n) is 2.72. The maximum absolute atomic E-state index is 10.1. The molecule has 0 saturated heterocycles. The lowest BCUT2D eigenvalue weighted by molar-refractivity contribution is 0.156. The van der Waals surface area contributed by atoms with Crippen molar-refractivity contribution in [2.75, 3.05) is 7.11 Å². The largest absolute Gasteiger partial charge is 0.489 e. The number of benzene rings is 1. The molecule has 0 fully saturated rings. The zero-order valence-electron chi connectivity index (χ0n) is 12.1. The van der Waals surface area contributed by atoms with Gasteiger partial charge in [-0.1, -0.05) is 6.07 Å². The second-order valence-corrected chi connectivity index (χ2v) is 5.23. The molecule has 0 bridgehead atoms. The van der Waals surface area contributed by atoms with E-state index >= 15 is 0 Å². The van der Waals surface area contributed by atoms with Crippen LogP contribution in [0.5, 0.6) is 11.6 Å². The zero-order valence-corrected chi connectivity index (χ0v) is 12.1. The average Bonchev–Trinajstić information content (AvgIpc) is 2.54. The first kappa shape index (κ1) is 13.9. The fraction of sp³-hybridized carbons (Fsp3) is 0.353. The highest BCUT2D eigenvalue weighted by molar-refractivity contribution is 5.38. The number of methoxy groups -OCH3 is 1. The molecule has 1 aromatic carbocycles. The molecule has 3 rings (SSSR count). The van der Waals surface area contributed by atoms with Crippen LogP contribution in [0.3, 0.4) is 0 Å². The number of nitrogens with zero attached hydrogens (tertiary/aromatic N) is 1. The summed E-state index contributed by atoms with van der Waals surface area (Å²) in [6.07, 6.45) is 4.22. The van der Waals surface area contributed by atoms with Gasteiger partial charge in [0.2, 0.25) is 5.88 Å². The number of aromatic nitrogens is 1. The van der Waals surface area contributed by atoms with Crippen molar-refractivity contribution in [3.05, 3.63) is 53.2 Å². The summed E-state index contributed by atoms with van der Waals surface area (Å²) in [5.41, 5.74) is 3.12. The van der Waals surface area contributed by atoms with Crippen molar-refractivity contribution in [1.82, 2.24) is 4.98 Å². The minimum atomic E-state index is -0.370. The lowest BCUT2D eigenvalue weighted by Gasteiger charge is -2.22. The van der Waals surface area contributed by atoms with Gasteiger partial charge in [0, 0.05) is 6.20 Å². The third-order valence-electron chi connectivity index (χ3n) is 3.84. The zero-order chi connectivity index (χ0) is 14.7. The minimum absolute atomic E-state index is 0.370. The van der Waals surface area contributed by atoms with Crippen LogP contribution in [0.1, 0.15) is 35.6 Å². The van der Waals surface area contributed by atoms with Crippen LogP contribution < -0.4 is 9.47 Å². The Morgan fingerprint density at radius 3 is 3.10 bits per heavy atom. The van der Waals surface area contributed by atoms with Gasteiger partial charge in [0.1, 0.15) is 12.4 Å². The van der Waals surface area contributed by atoms with E-state index in [1.807, 2.05) is 30.3 Å². The van der Waals surface area contributed by atoms with Gasteiger partial charge in [-0.25, -0.2) is 4.98 Å². The van der Waals surface area contributed by atoms with Crippen molar-refractivity contribution in [2.45, 2.75) is 32.0 Å². The van der Waals surface area contributed by atoms with Crippen LogP contribution in [0, 0.1) is 0 Å². The topological polar surface area (TPSA) is 51.6 Å². The molecule has 4 heteroatoms. The van der Waals surface area contributed by atoms with Crippen molar-refractivity contribution >= 4 is 0 Å². The molecule has 4 nitrogen and oxygen atoms in total. The second kappa shape index (κ2) is 6.14. The van der Waals surface area contributed by atoms with E-state index < -0.39 is 0 Å². The summed E-state index contributed by atoms with van der Waals surface area (Å²) >= 11 is 0. The van der Waals surface area contributed by atoms with Crippen molar-refractivity contribution < 1.29 is 14.6 Å². The van der Waals surface area contributed by atoms with Gasteiger partial charge in [-0.15, -0.1) is 0 Å². The van der Waals surface area contributed by atoms with Crippen LogP contribution in [-0.4, -0.2) is 17.2 Å². The normalized spacial score (nSPS) is 17.1. The van der Waals surface area contributed by atoms with Crippen LogP contribution >= 0.6 is 0 Å². The van der Waals surface area contributed by atoms with Crippen LogP contribution in [0.4, 0.5) is 0 Å². The highest BCUT2D eigenvalue weighted by atomic mass is 16.5. The average molecular weight is 285 g/mol. The summed E-state index contributed by atoms with van der Waals surface area (Å²) in [6.45, 7) is 0.395. The minimum Gasteiger partial charge on any atom is -0.489 e. The Balaban J connectivity index is 1.75. The first-order chi connectivity index (χ1) is 10.3. The van der Waals surface area contributed by atoms with E-state index in [1.54, 1.807) is 13.3 Å².